The zero-order valence-corrected chi connectivity index (χ0v) is 17.7. The summed E-state index contributed by atoms with van der Waals surface area (Å²) in [5, 5.41) is 2.95. The molecule has 1 aliphatic rings. The molecule has 0 aliphatic carbocycles. The highest BCUT2D eigenvalue weighted by atomic mass is 16.5. The van der Waals surface area contributed by atoms with Crippen LogP contribution in [0.25, 0.3) is 0 Å². The van der Waals surface area contributed by atoms with Gasteiger partial charge in [0.1, 0.15) is 18.0 Å². The lowest BCUT2D eigenvalue weighted by Crippen LogP contribution is -2.39. The first-order valence-corrected chi connectivity index (χ1v) is 9.99. The molecule has 0 fully saturated rings. The normalized spacial score (nSPS) is 15.5. The molecule has 0 unspecified atom stereocenters. The smallest absolute Gasteiger partial charge is 0.255 e. The molecule has 158 valence electrons. The second kappa shape index (κ2) is 8.52. The van der Waals surface area contributed by atoms with Crippen LogP contribution in [0.15, 0.2) is 66.7 Å². The molecule has 1 atom stereocenters. The highest BCUT2D eigenvalue weighted by Crippen LogP contribution is 2.37. The van der Waals surface area contributed by atoms with E-state index in [0.717, 1.165) is 16.7 Å². The fourth-order valence-electron chi connectivity index (χ4n) is 3.91. The van der Waals surface area contributed by atoms with Gasteiger partial charge in [-0.1, -0.05) is 48.0 Å². The number of hydrogen-bond acceptors (Lipinski definition) is 4. The topological polar surface area (TPSA) is 67.9 Å². The maximum Gasteiger partial charge on any atom is 0.255 e. The Morgan fingerprint density at radius 3 is 2.29 bits per heavy atom. The molecule has 0 saturated heterocycles. The number of nitrogens with one attached hydrogen (secondary N) is 1. The molecular formula is C25H24N2O4. The van der Waals surface area contributed by atoms with Crippen LogP contribution in [0, 0.1) is 6.92 Å². The Balaban J connectivity index is 1.88. The predicted octanol–water partition coefficient (Wildman–Crippen LogP) is 4.20. The van der Waals surface area contributed by atoms with E-state index in [4.69, 9.17) is 9.47 Å². The maximum atomic E-state index is 13.7. The van der Waals surface area contributed by atoms with Crippen molar-refractivity contribution in [3.63, 3.8) is 0 Å². The Labute approximate surface area is 181 Å². The van der Waals surface area contributed by atoms with Crippen LogP contribution in [0.3, 0.4) is 0 Å². The molecule has 6 heteroatoms. The molecule has 4 rings (SSSR count). The first-order valence-electron chi connectivity index (χ1n) is 9.99. The minimum absolute atomic E-state index is 0.0777. The van der Waals surface area contributed by atoms with Crippen molar-refractivity contribution in [3.8, 4) is 11.5 Å². The van der Waals surface area contributed by atoms with Gasteiger partial charge in [-0.3, -0.25) is 9.59 Å². The van der Waals surface area contributed by atoms with E-state index in [1.54, 1.807) is 23.1 Å². The molecule has 0 aromatic heterocycles. The Morgan fingerprint density at radius 2 is 1.65 bits per heavy atom. The summed E-state index contributed by atoms with van der Waals surface area (Å²) in [5.74, 6) is 0.492. The van der Waals surface area contributed by atoms with Gasteiger partial charge in [-0.25, -0.2) is 0 Å². The van der Waals surface area contributed by atoms with Gasteiger partial charge < -0.3 is 19.7 Å². The summed E-state index contributed by atoms with van der Waals surface area (Å²) >= 11 is 0. The molecule has 6 nitrogen and oxygen atoms in total. The Hall–Kier alpha value is -3.80. The molecular weight excluding hydrogens is 392 g/mol. The van der Waals surface area contributed by atoms with Crippen molar-refractivity contribution in [3.05, 3.63) is 89.0 Å². The average Bonchev–Trinajstić information content (AvgIpc) is 2.94. The molecule has 31 heavy (non-hydrogen) atoms. The molecule has 0 spiro atoms. The molecule has 1 heterocycles. The van der Waals surface area contributed by atoms with Crippen LogP contribution in [0.4, 0.5) is 5.69 Å². The van der Waals surface area contributed by atoms with E-state index < -0.39 is 6.04 Å². The molecule has 0 bridgehead atoms. The second-order valence-electron chi connectivity index (χ2n) is 7.49. The summed E-state index contributed by atoms with van der Waals surface area (Å²) in [7, 11) is 3.07. The zero-order chi connectivity index (χ0) is 22.0. The van der Waals surface area contributed by atoms with Gasteiger partial charge in [-0.15, -0.1) is 0 Å². The monoisotopic (exact) mass is 416 g/mol. The number of hydrogen-bond donors (Lipinski definition) is 1. The van der Waals surface area contributed by atoms with Gasteiger partial charge in [0.25, 0.3) is 5.91 Å². The predicted molar refractivity (Wildman–Crippen MR) is 119 cm³/mol. The van der Waals surface area contributed by atoms with Crippen molar-refractivity contribution in [1.29, 1.82) is 0 Å². The second-order valence-corrected chi connectivity index (χ2v) is 7.49. The minimum atomic E-state index is -0.431. The average molecular weight is 416 g/mol. The van der Waals surface area contributed by atoms with Gasteiger partial charge in [0.15, 0.2) is 0 Å². The van der Waals surface area contributed by atoms with E-state index in [1.807, 2.05) is 55.5 Å². The van der Waals surface area contributed by atoms with E-state index in [2.05, 4.69) is 5.32 Å². The van der Waals surface area contributed by atoms with E-state index in [1.165, 1.54) is 14.2 Å². The maximum absolute atomic E-state index is 13.7. The van der Waals surface area contributed by atoms with Crippen molar-refractivity contribution >= 4 is 17.5 Å². The number of carbonyl (C=O) groups is 2. The van der Waals surface area contributed by atoms with Crippen molar-refractivity contribution < 1.29 is 19.1 Å². The molecule has 1 N–H and O–H groups in total. The van der Waals surface area contributed by atoms with Crippen LogP contribution in [-0.4, -0.2) is 37.5 Å². The number of aryl methyl sites for hydroxylation is 1. The molecule has 2 amide bonds. The van der Waals surface area contributed by atoms with Gasteiger partial charge in [0, 0.05) is 22.9 Å². The number of methoxy groups -OCH3 is 2. The summed E-state index contributed by atoms with van der Waals surface area (Å²) in [5.41, 5.74) is 3.95. The minimum Gasteiger partial charge on any atom is -0.497 e. The van der Waals surface area contributed by atoms with E-state index in [9.17, 15) is 9.59 Å². The van der Waals surface area contributed by atoms with Crippen LogP contribution in [-0.2, 0) is 4.79 Å². The van der Waals surface area contributed by atoms with Crippen LogP contribution in [0.5, 0.6) is 11.5 Å². The third-order valence-corrected chi connectivity index (χ3v) is 5.38. The van der Waals surface area contributed by atoms with Crippen molar-refractivity contribution in [2.45, 2.75) is 13.0 Å². The Bertz CT molecular complexity index is 1110. The number of nitrogens with zero attached hydrogens (tertiary/aromatic N) is 1. The van der Waals surface area contributed by atoms with Crippen LogP contribution >= 0.6 is 0 Å². The van der Waals surface area contributed by atoms with Crippen LogP contribution < -0.4 is 14.8 Å². The first kappa shape index (κ1) is 20.5. The quantitative estimate of drug-likeness (QED) is 0.692. The fourth-order valence-corrected chi connectivity index (χ4v) is 3.91. The summed E-state index contributed by atoms with van der Waals surface area (Å²) in [4.78, 5) is 28.1. The molecule has 0 radical (unpaired) electrons. The number of amides is 2. The summed E-state index contributed by atoms with van der Waals surface area (Å²) < 4.78 is 10.7. The van der Waals surface area contributed by atoms with Gasteiger partial charge in [0.2, 0.25) is 5.91 Å². The fraction of sp³-hybridized carbons (Fsp3) is 0.200. The Kier molecular flexibility index (Phi) is 5.62. The van der Waals surface area contributed by atoms with Crippen LogP contribution in [0.2, 0.25) is 0 Å². The lowest BCUT2D eigenvalue weighted by molar-refractivity contribution is -0.117. The Morgan fingerprint density at radius 1 is 0.968 bits per heavy atom. The summed E-state index contributed by atoms with van der Waals surface area (Å²) in [6.45, 7) is 1.92. The lowest BCUT2D eigenvalue weighted by Gasteiger charge is -2.31. The van der Waals surface area contributed by atoms with Gasteiger partial charge in [-0.05, 0) is 30.7 Å². The zero-order valence-electron chi connectivity index (χ0n) is 17.7. The van der Waals surface area contributed by atoms with E-state index in [-0.39, 0.29) is 18.4 Å². The lowest BCUT2D eigenvalue weighted by atomic mass is 9.94. The van der Waals surface area contributed by atoms with Crippen molar-refractivity contribution in [2.24, 2.45) is 0 Å². The van der Waals surface area contributed by atoms with Gasteiger partial charge in [0.05, 0.1) is 20.3 Å². The third kappa shape index (κ3) is 4.10. The molecule has 3 aromatic rings. The summed E-state index contributed by atoms with van der Waals surface area (Å²) in [6, 6.07) is 20.2. The van der Waals surface area contributed by atoms with Gasteiger partial charge in [-0.2, -0.15) is 0 Å². The van der Waals surface area contributed by atoms with Gasteiger partial charge >= 0.3 is 0 Å². The standard InChI is InChI=1S/C25H24N2O4/c1-16-9-10-22-21(11-16)24(17-7-5-4-6-8-17)27(15-23(28)26-22)25(29)18-12-19(30-2)14-20(13-18)31-3/h4-14,24H,15H2,1-3H3,(H,26,28)/t24-/m1/s1. The number of benzene rings is 3. The number of ether oxygens (including phenoxy) is 2. The third-order valence-electron chi connectivity index (χ3n) is 5.38. The van der Waals surface area contributed by atoms with Crippen molar-refractivity contribution in [1.82, 2.24) is 4.90 Å². The highest BCUT2D eigenvalue weighted by molar-refractivity contribution is 6.02. The highest BCUT2D eigenvalue weighted by Gasteiger charge is 2.34. The number of carbonyl (C=O) groups excluding carboxylic acids is 2. The SMILES string of the molecule is COc1cc(OC)cc(C(=O)N2CC(=O)Nc3ccc(C)cc3[C@H]2c2ccccc2)c1. The molecule has 1 aliphatic heterocycles. The molecule has 3 aromatic carbocycles. The first-order chi connectivity index (χ1) is 15.0. The van der Waals surface area contributed by atoms with Crippen molar-refractivity contribution in [2.75, 3.05) is 26.1 Å². The number of fused-ring (bicyclic) bond motifs is 1. The number of rotatable bonds is 4. The summed E-state index contributed by atoms with van der Waals surface area (Å²) in [6.07, 6.45) is 0. The molecule has 0 saturated carbocycles. The van der Waals surface area contributed by atoms with E-state index >= 15 is 0 Å². The largest absolute Gasteiger partial charge is 0.497 e. The van der Waals surface area contributed by atoms with Crippen LogP contribution in [0.1, 0.15) is 33.1 Å². The van der Waals surface area contributed by atoms with E-state index in [0.29, 0.717) is 22.7 Å². The number of anilines is 1.